The van der Waals surface area contributed by atoms with Gasteiger partial charge >= 0.3 is 0 Å². The Balaban J connectivity index is 3.48. The molecule has 0 aromatic carbocycles. The van der Waals surface area contributed by atoms with Crippen molar-refractivity contribution in [2.24, 2.45) is 0 Å². The monoisotopic (exact) mass is 241 g/mol. The molecule has 0 unspecified atom stereocenters. The summed E-state index contributed by atoms with van der Waals surface area (Å²) in [5.74, 6) is 3.83. The van der Waals surface area contributed by atoms with Crippen LogP contribution in [-0.4, -0.2) is 38.1 Å². The molecule has 6 heteroatoms. The van der Waals surface area contributed by atoms with Gasteiger partial charge in [0, 0.05) is 18.2 Å². The number of terminal acetylenes is 1. The predicted molar refractivity (Wildman–Crippen MR) is 58.7 cm³/mol. The molecule has 0 saturated heterocycles. The predicted octanol–water partition coefficient (Wildman–Crippen LogP) is 0.511. The van der Waals surface area contributed by atoms with Gasteiger partial charge in [0.1, 0.15) is 0 Å². The first-order valence-corrected chi connectivity index (χ1v) is 7.01. The van der Waals surface area contributed by atoms with E-state index in [1.807, 2.05) is 0 Å². The lowest BCUT2D eigenvalue weighted by Crippen LogP contribution is -2.29. The minimum Gasteiger partial charge on any atom is -0.214 e. The van der Waals surface area contributed by atoms with Gasteiger partial charge in [0.25, 0.3) is 0 Å². The number of nitrogens with one attached hydrogen (secondary N) is 1. The Morgan fingerprint density at radius 2 is 2.23 bits per heavy atom. The summed E-state index contributed by atoms with van der Waals surface area (Å²) in [5.41, 5.74) is 0. The lowest BCUT2D eigenvalue weighted by atomic mass is 10.8. The molecule has 1 N–H and O–H groups in total. The van der Waals surface area contributed by atoms with Crippen LogP contribution in [-0.2, 0) is 10.0 Å². The molecule has 13 heavy (non-hydrogen) atoms. The number of halogens is 1. The molecule has 0 fully saturated rings. The van der Waals surface area contributed by atoms with Crippen LogP contribution in [0, 0.1) is 12.3 Å². The maximum Gasteiger partial charge on any atom is 0.212 e. The van der Waals surface area contributed by atoms with Crippen molar-refractivity contribution in [3.8, 4) is 12.3 Å². The minimum absolute atomic E-state index is 0.0334. The van der Waals surface area contributed by atoms with Crippen LogP contribution in [0.15, 0.2) is 0 Å². The number of rotatable bonds is 7. The molecule has 0 bridgehead atoms. The fraction of sp³-hybridized carbons (Fsp3) is 0.714. The highest BCUT2D eigenvalue weighted by Crippen LogP contribution is 1.96. The van der Waals surface area contributed by atoms with E-state index >= 15 is 0 Å². The second-order valence-corrected chi connectivity index (χ2v) is 5.57. The molecular formula is C7H12ClNO2S2. The molecule has 0 aromatic rings. The lowest BCUT2D eigenvalue weighted by molar-refractivity contribution is 0.585. The molecule has 0 heterocycles. The Labute approximate surface area is 88.7 Å². The summed E-state index contributed by atoms with van der Waals surface area (Å²) in [5, 5.41) is 0. The summed E-state index contributed by atoms with van der Waals surface area (Å²) in [4.78, 5) is 0. The maximum absolute atomic E-state index is 11.0. The van der Waals surface area contributed by atoms with Gasteiger partial charge in [-0.05, 0) is 0 Å². The highest BCUT2D eigenvalue weighted by atomic mass is 35.5. The summed E-state index contributed by atoms with van der Waals surface area (Å²) in [7, 11) is -3.17. The van der Waals surface area contributed by atoms with Crippen molar-refractivity contribution in [1.29, 1.82) is 0 Å². The average Bonchev–Trinajstić information content (AvgIpc) is 2.04. The number of thioether (sulfide) groups is 1. The summed E-state index contributed by atoms with van der Waals surface area (Å²) >= 11 is 6.81. The van der Waals surface area contributed by atoms with Crippen LogP contribution in [0.2, 0.25) is 0 Å². The first-order chi connectivity index (χ1) is 6.12. The minimum atomic E-state index is -3.17. The van der Waals surface area contributed by atoms with E-state index in [9.17, 15) is 8.42 Å². The molecule has 0 atom stereocenters. The van der Waals surface area contributed by atoms with Gasteiger partial charge in [-0.1, -0.05) is 5.92 Å². The molecule has 76 valence electrons. The molecule has 3 nitrogen and oxygen atoms in total. The SMILES string of the molecule is C#CCSCCNS(=O)(=O)CCCl. The number of hydrogen-bond donors (Lipinski definition) is 1. The molecule has 0 aromatic heterocycles. The summed E-state index contributed by atoms with van der Waals surface area (Å²) < 4.78 is 24.5. The van der Waals surface area contributed by atoms with Gasteiger partial charge in [-0.3, -0.25) is 0 Å². The zero-order chi connectivity index (χ0) is 10.2. The van der Waals surface area contributed by atoms with E-state index in [4.69, 9.17) is 18.0 Å². The quantitative estimate of drug-likeness (QED) is 0.401. The summed E-state index contributed by atoms with van der Waals surface area (Å²) in [6.07, 6.45) is 5.02. The van der Waals surface area contributed by atoms with E-state index in [1.165, 1.54) is 11.8 Å². The molecule has 0 rings (SSSR count). The van der Waals surface area contributed by atoms with Crippen LogP contribution >= 0.6 is 23.4 Å². The van der Waals surface area contributed by atoms with E-state index < -0.39 is 10.0 Å². The zero-order valence-corrected chi connectivity index (χ0v) is 9.51. The van der Waals surface area contributed by atoms with Crippen molar-refractivity contribution in [2.45, 2.75) is 0 Å². The van der Waals surface area contributed by atoms with E-state index in [-0.39, 0.29) is 11.6 Å². The highest BCUT2D eigenvalue weighted by molar-refractivity contribution is 7.99. The largest absolute Gasteiger partial charge is 0.214 e. The van der Waals surface area contributed by atoms with Gasteiger partial charge in [0.05, 0.1) is 11.5 Å². The molecule has 0 spiro atoms. The van der Waals surface area contributed by atoms with Gasteiger partial charge < -0.3 is 0 Å². The van der Waals surface area contributed by atoms with E-state index in [0.717, 1.165) is 0 Å². The Hall–Kier alpha value is 0.110. The lowest BCUT2D eigenvalue weighted by Gasteiger charge is -2.03. The number of hydrogen-bond acceptors (Lipinski definition) is 3. The van der Waals surface area contributed by atoms with Gasteiger partial charge in [0.2, 0.25) is 10.0 Å². The van der Waals surface area contributed by atoms with Gasteiger partial charge in [0.15, 0.2) is 0 Å². The normalized spacial score (nSPS) is 11.1. The number of alkyl halides is 1. The van der Waals surface area contributed by atoms with Crippen molar-refractivity contribution in [2.75, 3.05) is 29.7 Å². The second-order valence-electron chi connectivity index (χ2n) is 2.16. The van der Waals surface area contributed by atoms with Crippen LogP contribution in [0.5, 0.6) is 0 Å². The maximum atomic E-state index is 11.0. The van der Waals surface area contributed by atoms with Crippen LogP contribution in [0.3, 0.4) is 0 Å². The van der Waals surface area contributed by atoms with Crippen molar-refractivity contribution < 1.29 is 8.42 Å². The summed E-state index contributed by atoms with van der Waals surface area (Å²) in [6.45, 7) is 0.408. The third-order valence-electron chi connectivity index (χ3n) is 1.10. The zero-order valence-electron chi connectivity index (χ0n) is 7.12. The molecule has 0 radical (unpaired) electrons. The van der Waals surface area contributed by atoms with Crippen molar-refractivity contribution in [1.82, 2.24) is 4.72 Å². The smallest absolute Gasteiger partial charge is 0.212 e. The van der Waals surface area contributed by atoms with Crippen molar-refractivity contribution in [3.05, 3.63) is 0 Å². The Kier molecular flexibility index (Phi) is 7.57. The molecule has 0 amide bonds. The second kappa shape index (κ2) is 7.51. The molecule has 0 aliphatic carbocycles. The fourth-order valence-electron chi connectivity index (χ4n) is 0.574. The molecule has 0 aliphatic heterocycles. The van der Waals surface area contributed by atoms with E-state index in [0.29, 0.717) is 18.1 Å². The van der Waals surface area contributed by atoms with Crippen LogP contribution in [0.4, 0.5) is 0 Å². The van der Waals surface area contributed by atoms with Crippen molar-refractivity contribution >= 4 is 33.4 Å². The topological polar surface area (TPSA) is 46.2 Å². The van der Waals surface area contributed by atoms with Gasteiger partial charge in [-0.15, -0.1) is 29.8 Å². The fourth-order valence-corrected chi connectivity index (χ4v) is 2.58. The van der Waals surface area contributed by atoms with Crippen molar-refractivity contribution in [3.63, 3.8) is 0 Å². The first-order valence-electron chi connectivity index (χ1n) is 3.67. The third kappa shape index (κ3) is 8.44. The summed E-state index contributed by atoms with van der Waals surface area (Å²) in [6, 6.07) is 0. The standard InChI is InChI=1S/C7H12ClNO2S2/c1-2-5-12-6-4-9-13(10,11)7-3-8/h1,9H,3-7H2. The Morgan fingerprint density at radius 3 is 2.77 bits per heavy atom. The molecule has 0 saturated carbocycles. The third-order valence-corrected chi connectivity index (χ3v) is 3.76. The Bertz CT molecular complexity index is 258. The van der Waals surface area contributed by atoms with Crippen LogP contribution in [0.1, 0.15) is 0 Å². The van der Waals surface area contributed by atoms with Crippen LogP contribution in [0.25, 0.3) is 0 Å². The van der Waals surface area contributed by atoms with Gasteiger partial charge in [-0.25, -0.2) is 13.1 Å². The molecular weight excluding hydrogens is 230 g/mol. The Morgan fingerprint density at radius 1 is 1.54 bits per heavy atom. The first kappa shape index (κ1) is 13.1. The van der Waals surface area contributed by atoms with E-state index in [2.05, 4.69) is 10.6 Å². The van der Waals surface area contributed by atoms with E-state index in [1.54, 1.807) is 0 Å². The average molecular weight is 242 g/mol. The van der Waals surface area contributed by atoms with Crippen LogP contribution < -0.4 is 4.72 Å². The molecule has 0 aliphatic rings. The highest BCUT2D eigenvalue weighted by Gasteiger charge is 2.06. The van der Waals surface area contributed by atoms with Gasteiger partial charge in [-0.2, -0.15) is 0 Å². The number of sulfonamides is 1.